The molecule has 1 aliphatic carbocycles. The van der Waals surface area contributed by atoms with Crippen LogP contribution in [0.3, 0.4) is 0 Å². The van der Waals surface area contributed by atoms with Crippen LogP contribution in [0.1, 0.15) is 40.4 Å². The van der Waals surface area contributed by atoms with Crippen molar-refractivity contribution in [3.63, 3.8) is 0 Å². The molecule has 1 fully saturated rings. The minimum atomic E-state index is -0.429. The first-order valence-corrected chi connectivity index (χ1v) is 7.81. The predicted molar refractivity (Wildman–Crippen MR) is 74.5 cm³/mol. The molecule has 21 heavy (non-hydrogen) atoms. The number of ketones is 1. The van der Waals surface area contributed by atoms with E-state index in [1.54, 1.807) is 0 Å². The van der Waals surface area contributed by atoms with Crippen molar-refractivity contribution in [1.29, 1.82) is 0 Å². The number of thioether (sulfide) groups is 1. The highest BCUT2D eigenvalue weighted by Crippen LogP contribution is 2.43. The highest BCUT2D eigenvalue weighted by Gasteiger charge is 2.34. The summed E-state index contributed by atoms with van der Waals surface area (Å²) in [6.45, 7) is 0.451. The van der Waals surface area contributed by atoms with Crippen LogP contribution in [0.4, 0.5) is 4.39 Å². The highest BCUT2D eigenvalue weighted by atomic mass is 32.2. The van der Waals surface area contributed by atoms with Gasteiger partial charge in [-0.3, -0.25) is 4.79 Å². The summed E-state index contributed by atoms with van der Waals surface area (Å²) in [5.74, 6) is 1.23. The van der Waals surface area contributed by atoms with Crippen molar-refractivity contribution < 1.29 is 18.4 Å². The Morgan fingerprint density at radius 1 is 1.33 bits per heavy atom. The van der Waals surface area contributed by atoms with E-state index in [0.717, 1.165) is 12.8 Å². The zero-order valence-electron chi connectivity index (χ0n) is 11.1. The van der Waals surface area contributed by atoms with E-state index in [4.69, 9.17) is 9.26 Å². The molecular weight excluding hydrogens is 293 g/mol. The number of benzene rings is 1. The second-order valence-corrected chi connectivity index (χ2v) is 6.26. The van der Waals surface area contributed by atoms with Crippen LogP contribution in [-0.2, 0) is 0 Å². The molecule has 4 rings (SSSR count). The Morgan fingerprint density at radius 3 is 3.00 bits per heavy atom. The third-order valence-corrected chi connectivity index (χ3v) is 4.74. The van der Waals surface area contributed by atoms with Gasteiger partial charge in [-0.05, 0) is 25.0 Å². The number of carbonyl (C=O) groups excluding carboxylic acids is 1. The van der Waals surface area contributed by atoms with Gasteiger partial charge in [0.2, 0.25) is 0 Å². The summed E-state index contributed by atoms with van der Waals surface area (Å²) >= 11 is 1.45. The first-order chi connectivity index (χ1) is 10.3. The molecule has 1 aromatic heterocycles. The lowest BCUT2D eigenvalue weighted by Crippen LogP contribution is -2.13. The molecular formula is C15H12FNO3S. The molecule has 6 heteroatoms. The van der Waals surface area contributed by atoms with Gasteiger partial charge in [-0.1, -0.05) is 5.16 Å². The van der Waals surface area contributed by atoms with Crippen molar-refractivity contribution in [3.05, 3.63) is 41.0 Å². The van der Waals surface area contributed by atoms with E-state index in [9.17, 15) is 9.18 Å². The van der Waals surface area contributed by atoms with E-state index in [0.29, 0.717) is 40.1 Å². The number of carbonyl (C=O) groups is 1. The first-order valence-electron chi connectivity index (χ1n) is 6.83. The molecule has 2 aliphatic rings. The zero-order chi connectivity index (χ0) is 14.4. The van der Waals surface area contributed by atoms with Gasteiger partial charge < -0.3 is 9.26 Å². The molecule has 0 spiro atoms. The minimum absolute atomic E-state index is 0.174. The van der Waals surface area contributed by atoms with Crippen LogP contribution in [0, 0.1) is 5.82 Å². The van der Waals surface area contributed by atoms with Crippen LogP contribution in [0.25, 0.3) is 0 Å². The second kappa shape index (κ2) is 4.87. The summed E-state index contributed by atoms with van der Waals surface area (Å²) in [6.07, 6.45) is 3.50. The van der Waals surface area contributed by atoms with Gasteiger partial charge in [0, 0.05) is 17.2 Å². The van der Waals surface area contributed by atoms with Crippen LogP contribution in [0.2, 0.25) is 0 Å². The van der Waals surface area contributed by atoms with Crippen LogP contribution < -0.4 is 4.74 Å². The first kappa shape index (κ1) is 12.9. The van der Waals surface area contributed by atoms with Crippen LogP contribution >= 0.6 is 11.8 Å². The summed E-state index contributed by atoms with van der Waals surface area (Å²) < 4.78 is 24.4. The quantitative estimate of drug-likeness (QED) is 0.813. The van der Waals surface area contributed by atoms with Crippen molar-refractivity contribution in [1.82, 2.24) is 5.16 Å². The molecule has 0 radical (unpaired) electrons. The summed E-state index contributed by atoms with van der Waals surface area (Å²) in [6, 6.07) is 2.80. The molecule has 2 aromatic rings. The van der Waals surface area contributed by atoms with Crippen LogP contribution in [0.15, 0.2) is 27.7 Å². The van der Waals surface area contributed by atoms with Gasteiger partial charge in [-0.15, -0.1) is 11.8 Å². The average molecular weight is 305 g/mol. The van der Waals surface area contributed by atoms with E-state index in [1.165, 1.54) is 30.1 Å². The standard InChI is InChI=1S/C15H12FNO3S/c16-11-4-3-9(15-14(11)19-5-6-21-15)12(18)10-7-17-20-13(10)8-1-2-8/h3-4,7-8H,1-2,5-6H2. The minimum Gasteiger partial charge on any atom is -0.488 e. The van der Waals surface area contributed by atoms with E-state index >= 15 is 0 Å². The van der Waals surface area contributed by atoms with Gasteiger partial charge in [-0.25, -0.2) is 4.39 Å². The van der Waals surface area contributed by atoms with Crippen LogP contribution in [-0.4, -0.2) is 23.3 Å². The Kier molecular flexibility index (Phi) is 2.99. The Balaban J connectivity index is 1.79. The lowest BCUT2D eigenvalue weighted by Gasteiger charge is -2.19. The monoisotopic (exact) mass is 305 g/mol. The smallest absolute Gasteiger partial charge is 0.199 e. The summed E-state index contributed by atoms with van der Waals surface area (Å²) in [5, 5.41) is 3.75. The fourth-order valence-corrected chi connectivity index (χ4v) is 3.46. The SMILES string of the molecule is O=C(c1cnoc1C1CC1)c1ccc(F)c2c1SCCO2. The van der Waals surface area contributed by atoms with E-state index in [1.807, 2.05) is 0 Å². The highest BCUT2D eigenvalue weighted by molar-refractivity contribution is 7.99. The zero-order valence-corrected chi connectivity index (χ0v) is 11.9. The van der Waals surface area contributed by atoms with Crippen molar-refractivity contribution in [2.24, 2.45) is 0 Å². The van der Waals surface area contributed by atoms with Gasteiger partial charge >= 0.3 is 0 Å². The van der Waals surface area contributed by atoms with Crippen LogP contribution in [0.5, 0.6) is 5.75 Å². The van der Waals surface area contributed by atoms with E-state index in [-0.39, 0.29) is 11.5 Å². The van der Waals surface area contributed by atoms with Crippen molar-refractivity contribution in [3.8, 4) is 5.75 Å². The predicted octanol–water partition coefficient (Wildman–Crippen LogP) is 3.41. The normalized spacial score (nSPS) is 17.2. The van der Waals surface area contributed by atoms with Crippen molar-refractivity contribution in [2.75, 3.05) is 12.4 Å². The summed E-state index contributed by atoms with van der Waals surface area (Å²) in [5.41, 5.74) is 0.943. The fourth-order valence-electron chi connectivity index (χ4n) is 2.49. The Labute approximate surface area is 124 Å². The van der Waals surface area contributed by atoms with Gasteiger partial charge in [0.05, 0.1) is 23.3 Å². The largest absolute Gasteiger partial charge is 0.488 e. The lowest BCUT2D eigenvalue weighted by atomic mass is 10.0. The molecule has 1 aliphatic heterocycles. The third-order valence-electron chi connectivity index (χ3n) is 3.68. The number of rotatable bonds is 3. The van der Waals surface area contributed by atoms with Gasteiger partial charge in [0.25, 0.3) is 0 Å². The second-order valence-electron chi connectivity index (χ2n) is 5.16. The van der Waals surface area contributed by atoms with E-state index < -0.39 is 5.82 Å². The number of fused-ring (bicyclic) bond motifs is 1. The molecule has 2 heterocycles. The van der Waals surface area contributed by atoms with Crippen molar-refractivity contribution in [2.45, 2.75) is 23.7 Å². The third kappa shape index (κ3) is 2.14. The van der Waals surface area contributed by atoms with E-state index in [2.05, 4.69) is 5.16 Å². The molecule has 0 N–H and O–H groups in total. The summed E-state index contributed by atoms with van der Waals surface area (Å²) in [4.78, 5) is 13.3. The van der Waals surface area contributed by atoms with Crippen molar-refractivity contribution >= 4 is 17.5 Å². The molecule has 4 nitrogen and oxygen atoms in total. The molecule has 0 bridgehead atoms. The number of hydrogen-bond donors (Lipinski definition) is 0. The van der Waals surface area contributed by atoms with Gasteiger partial charge in [0.15, 0.2) is 23.1 Å². The molecule has 1 saturated carbocycles. The molecule has 1 aromatic carbocycles. The molecule has 0 atom stereocenters. The molecule has 0 saturated heterocycles. The topological polar surface area (TPSA) is 52.3 Å². The maximum absolute atomic E-state index is 13.8. The van der Waals surface area contributed by atoms with Gasteiger partial charge in [0.1, 0.15) is 0 Å². The number of hydrogen-bond acceptors (Lipinski definition) is 5. The Morgan fingerprint density at radius 2 is 2.19 bits per heavy atom. The van der Waals surface area contributed by atoms with Gasteiger partial charge in [-0.2, -0.15) is 0 Å². The Bertz CT molecular complexity index is 724. The molecule has 0 amide bonds. The number of halogens is 1. The Hall–Kier alpha value is -1.82. The lowest BCUT2D eigenvalue weighted by molar-refractivity contribution is 0.103. The number of aromatic nitrogens is 1. The fraction of sp³-hybridized carbons (Fsp3) is 0.333. The molecule has 0 unspecified atom stereocenters. The number of ether oxygens (including phenoxy) is 1. The number of nitrogens with zero attached hydrogens (tertiary/aromatic N) is 1. The maximum Gasteiger partial charge on any atom is 0.199 e. The molecule has 108 valence electrons. The maximum atomic E-state index is 13.8. The summed E-state index contributed by atoms with van der Waals surface area (Å²) in [7, 11) is 0. The average Bonchev–Trinajstić information content (AvgIpc) is 3.24.